The van der Waals surface area contributed by atoms with E-state index in [4.69, 9.17) is 0 Å². The van der Waals surface area contributed by atoms with Crippen LogP contribution in [0.4, 0.5) is 13.2 Å². The average Bonchev–Trinajstić information content (AvgIpc) is 2.16. The van der Waals surface area contributed by atoms with Gasteiger partial charge in [0.05, 0.1) is 0 Å². The number of para-hydroxylation sites is 1. The smallest absolute Gasteiger partial charge is 0.351 e. The molecule has 1 aromatic heterocycles. The number of aromatic amines is 1. The zero-order valence-corrected chi connectivity index (χ0v) is 7.43. The van der Waals surface area contributed by atoms with Crippen LogP contribution in [0.2, 0.25) is 0 Å². The van der Waals surface area contributed by atoms with Gasteiger partial charge in [-0.05, 0) is 12.1 Å². The Morgan fingerprint density at radius 3 is 2.38 bits per heavy atom. The van der Waals surface area contributed by atoms with Crippen molar-refractivity contribution in [3.05, 3.63) is 46.2 Å². The van der Waals surface area contributed by atoms with Crippen molar-refractivity contribution in [2.75, 3.05) is 0 Å². The lowest BCUT2D eigenvalue weighted by atomic mass is 10.2. The van der Waals surface area contributed by atoms with Crippen molar-refractivity contribution in [1.29, 1.82) is 0 Å². The first kappa shape index (κ1) is 12.3. The van der Waals surface area contributed by atoms with Gasteiger partial charge in [-0.25, -0.2) is 0 Å². The number of pyridine rings is 1. The zero-order chi connectivity index (χ0) is 11.1. The molecule has 0 aliphatic heterocycles. The van der Waals surface area contributed by atoms with Gasteiger partial charge in [0.15, 0.2) is 5.43 Å². The van der Waals surface area contributed by atoms with Gasteiger partial charge in [0.1, 0.15) is 5.69 Å². The number of benzene rings is 1. The summed E-state index contributed by atoms with van der Waals surface area (Å²) in [6.07, 6.45) is -4.52. The highest BCUT2D eigenvalue weighted by molar-refractivity contribution is 5.78. The van der Waals surface area contributed by atoms with Crippen LogP contribution in [0.3, 0.4) is 0 Å². The molecule has 0 saturated carbocycles. The number of nitrogens with one attached hydrogen (secondary N) is 1. The summed E-state index contributed by atoms with van der Waals surface area (Å²) in [5, 5.41) is 0.255. The lowest BCUT2D eigenvalue weighted by Gasteiger charge is -2.07. The van der Waals surface area contributed by atoms with Gasteiger partial charge < -0.3 is 4.98 Å². The molecule has 0 bridgehead atoms. The Kier molecular flexibility index (Phi) is 3.07. The molecule has 0 spiro atoms. The summed E-state index contributed by atoms with van der Waals surface area (Å²) in [4.78, 5) is 13.5. The van der Waals surface area contributed by atoms with Gasteiger partial charge >= 0.3 is 6.18 Å². The molecule has 2 aromatic rings. The Balaban J connectivity index is 0.00000128. The van der Waals surface area contributed by atoms with Crippen LogP contribution >= 0.6 is 0 Å². The van der Waals surface area contributed by atoms with Crippen LogP contribution in [-0.2, 0) is 6.18 Å². The maximum atomic E-state index is 12.3. The van der Waals surface area contributed by atoms with Crippen LogP contribution in [0.15, 0.2) is 35.1 Å². The Hall–Kier alpha value is -1.78. The molecule has 0 aliphatic rings. The first-order chi connectivity index (χ1) is 6.98. The van der Waals surface area contributed by atoms with Crippen LogP contribution in [-0.4, -0.2) is 4.98 Å². The van der Waals surface area contributed by atoms with E-state index in [0.29, 0.717) is 6.07 Å². The minimum atomic E-state index is -4.52. The highest BCUT2D eigenvalue weighted by atomic mass is 19.4. The Morgan fingerprint density at radius 1 is 1.12 bits per heavy atom. The highest BCUT2D eigenvalue weighted by Gasteiger charge is 2.32. The number of halogens is 3. The van der Waals surface area contributed by atoms with E-state index in [-0.39, 0.29) is 18.3 Å². The lowest BCUT2D eigenvalue weighted by molar-refractivity contribution is -0.141. The number of H-pyrrole nitrogens is 1. The van der Waals surface area contributed by atoms with Gasteiger partial charge in [0.25, 0.3) is 0 Å². The molecule has 1 N–H and O–H groups in total. The first-order valence-electron chi connectivity index (χ1n) is 4.18. The number of aromatic nitrogens is 1. The molecule has 86 valence electrons. The number of hydrogen-bond acceptors (Lipinski definition) is 1. The largest absolute Gasteiger partial charge is 0.431 e. The molecular formula is C11H10F3NO. The number of alkyl halides is 3. The third-order valence-electron chi connectivity index (χ3n) is 2.04. The van der Waals surface area contributed by atoms with Gasteiger partial charge in [-0.15, -0.1) is 0 Å². The van der Waals surface area contributed by atoms with E-state index in [1.54, 1.807) is 12.1 Å². The normalized spacial score (nSPS) is 11.2. The second kappa shape index (κ2) is 4.00. The quantitative estimate of drug-likeness (QED) is 0.739. The van der Waals surface area contributed by atoms with Crippen LogP contribution in [0.1, 0.15) is 13.1 Å². The summed E-state index contributed by atoms with van der Waals surface area (Å²) < 4.78 is 37.0. The molecule has 0 radical (unpaired) electrons. The second-order valence-corrected chi connectivity index (χ2v) is 3.09. The van der Waals surface area contributed by atoms with E-state index in [2.05, 4.69) is 4.98 Å². The molecule has 0 aliphatic carbocycles. The summed E-state index contributed by atoms with van der Waals surface area (Å²) >= 11 is 0. The van der Waals surface area contributed by atoms with E-state index >= 15 is 0 Å². The fourth-order valence-electron chi connectivity index (χ4n) is 1.35. The van der Waals surface area contributed by atoms with Crippen molar-refractivity contribution >= 4 is 10.9 Å². The summed E-state index contributed by atoms with van der Waals surface area (Å²) in [7, 11) is 0. The standard InChI is InChI=1S/C10H6F3NO.CH4/c11-10(12,13)9-5-8(15)6-3-1-2-4-7(6)14-9;/h1-5H,(H,14,15);1H4. The van der Waals surface area contributed by atoms with E-state index in [1.165, 1.54) is 12.1 Å². The fraction of sp³-hybridized carbons (Fsp3) is 0.182. The van der Waals surface area contributed by atoms with Crippen LogP contribution in [0, 0.1) is 0 Å². The van der Waals surface area contributed by atoms with Crippen LogP contribution in [0.25, 0.3) is 10.9 Å². The molecule has 5 heteroatoms. The summed E-state index contributed by atoms with van der Waals surface area (Å²) in [5.74, 6) is 0. The molecule has 2 rings (SSSR count). The zero-order valence-electron chi connectivity index (χ0n) is 7.43. The number of rotatable bonds is 0. The number of hydrogen-bond donors (Lipinski definition) is 1. The van der Waals surface area contributed by atoms with Crippen molar-refractivity contribution in [3.63, 3.8) is 0 Å². The SMILES string of the molecule is C.O=c1cc(C(F)(F)F)[nH]c2ccccc12. The van der Waals surface area contributed by atoms with E-state index in [1.807, 2.05) is 0 Å². The van der Waals surface area contributed by atoms with Crippen LogP contribution in [0.5, 0.6) is 0 Å². The van der Waals surface area contributed by atoms with Gasteiger partial charge in [0, 0.05) is 17.0 Å². The van der Waals surface area contributed by atoms with Crippen molar-refractivity contribution in [2.45, 2.75) is 13.6 Å². The predicted molar refractivity (Wildman–Crippen MR) is 56.3 cm³/mol. The molecule has 0 unspecified atom stereocenters. The van der Waals surface area contributed by atoms with Crippen molar-refractivity contribution in [3.8, 4) is 0 Å². The maximum absolute atomic E-state index is 12.3. The molecule has 16 heavy (non-hydrogen) atoms. The third-order valence-corrected chi connectivity index (χ3v) is 2.04. The monoisotopic (exact) mass is 229 g/mol. The van der Waals surface area contributed by atoms with Crippen molar-refractivity contribution in [2.24, 2.45) is 0 Å². The van der Waals surface area contributed by atoms with Crippen LogP contribution < -0.4 is 5.43 Å². The molecule has 2 nitrogen and oxygen atoms in total. The van der Waals surface area contributed by atoms with Gasteiger partial charge in [-0.2, -0.15) is 13.2 Å². The summed E-state index contributed by atoms with van der Waals surface area (Å²) in [6.45, 7) is 0. The molecule has 1 heterocycles. The predicted octanol–water partition coefficient (Wildman–Crippen LogP) is 3.18. The minimum Gasteiger partial charge on any atom is -0.351 e. The van der Waals surface area contributed by atoms with E-state index in [9.17, 15) is 18.0 Å². The van der Waals surface area contributed by atoms with Crippen molar-refractivity contribution in [1.82, 2.24) is 4.98 Å². The lowest BCUT2D eigenvalue weighted by Crippen LogP contribution is -2.13. The van der Waals surface area contributed by atoms with E-state index in [0.717, 1.165) is 0 Å². The van der Waals surface area contributed by atoms with Gasteiger partial charge in [-0.1, -0.05) is 19.6 Å². The third kappa shape index (κ3) is 2.08. The molecule has 0 amide bonds. The van der Waals surface area contributed by atoms with Gasteiger partial charge in [-0.3, -0.25) is 4.79 Å². The Bertz CT molecular complexity index is 557. The highest BCUT2D eigenvalue weighted by Crippen LogP contribution is 2.27. The van der Waals surface area contributed by atoms with E-state index < -0.39 is 17.3 Å². The molecular weight excluding hydrogens is 219 g/mol. The number of fused-ring (bicyclic) bond motifs is 1. The molecule has 0 saturated heterocycles. The Morgan fingerprint density at radius 2 is 1.75 bits per heavy atom. The van der Waals surface area contributed by atoms with Crippen molar-refractivity contribution < 1.29 is 13.2 Å². The molecule has 0 atom stereocenters. The topological polar surface area (TPSA) is 32.9 Å². The maximum Gasteiger partial charge on any atom is 0.431 e. The molecule has 1 aromatic carbocycles. The van der Waals surface area contributed by atoms with Gasteiger partial charge in [0.2, 0.25) is 0 Å². The fourth-order valence-corrected chi connectivity index (χ4v) is 1.35. The first-order valence-corrected chi connectivity index (χ1v) is 4.18. The summed E-state index contributed by atoms with van der Waals surface area (Å²) in [6, 6.07) is 6.66. The summed E-state index contributed by atoms with van der Waals surface area (Å²) in [5.41, 5.74) is -1.46. The minimum absolute atomic E-state index is 0. The molecule has 0 fully saturated rings. The Labute approximate surface area is 89.7 Å². The average molecular weight is 229 g/mol. The second-order valence-electron chi connectivity index (χ2n) is 3.09.